The Bertz CT molecular complexity index is 821. The molecule has 3 rings (SSSR count). The first-order chi connectivity index (χ1) is 11.3. The Hall–Kier alpha value is -3.27. The van der Waals surface area contributed by atoms with E-state index >= 15 is 0 Å². The first kappa shape index (κ1) is 14.7. The van der Waals surface area contributed by atoms with E-state index in [9.17, 15) is 4.39 Å². The fourth-order valence-corrected chi connectivity index (χ4v) is 1.90. The molecule has 3 aromatic rings. The molecular formula is C16H12FN3O3. The van der Waals surface area contributed by atoms with Gasteiger partial charge in [0.25, 0.3) is 0 Å². The predicted octanol–water partition coefficient (Wildman–Crippen LogP) is 3.47. The van der Waals surface area contributed by atoms with Crippen molar-refractivity contribution in [2.45, 2.75) is 13.2 Å². The van der Waals surface area contributed by atoms with Crippen molar-refractivity contribution in [1.82, 2.24) is 4.98 Å². The van der Waals surface area contributed by atoms with Crippen LogP contribution >= 0.6 is 0 Å². The van der Waals surface area contributed by atoms with Crippen molar-refractivity contribution in [2.24, 2.45) is 0 Å². The summed E-state index contributed by atoms with van der Waals surface area (Å²) in [5.74, 6) is 0.697. The molecule has 0 radical (unpaired) electrons. The van der Waals surface area contributed by atoms with Gasteiger partial charge in [-0.3, -0.25) is 0 Å². The molecule has 1 N–H and O–H groups in total. The second-order valence-corrected chi connectivity index (χ2v) is 4.55. The fraction of sp³-hybridized carbons (Fsp3) is 0.125. The summed E-state index contributed by atoms with van der Waals surface area (Å²) in [5, 5.41) is 12.0. The van der Waals surface area contributed by atoms with Crippen molar-refractivity contribution >= 4 is 5.88 Å². The van der Waals surface area contributed by atoms with E-state index in [1.54, 1.807) is 30.5 Å². The number of nitrogens with zero attached hydrogens (tertiary/aromatic N) is 2. The van der Waals surface area contributed by atoms with Crippen LogP contribution in [0.25, 0.3) is 0 Å². The van der Waals surface area contributed by atoms with Crippen molar-refractivity contribution in [2.75, 3.05) is 5.32 Å². The monoisotopic (exact) mass is 313 g/mol. The first-order valence-corrected chi connectivity index (χ1v) is 6.79. The highest BCUT2D eigenvalue weighted by molar-refractivity contribution is 5.45. The number of furan rings is 1. The SMILES string of the molecule is N#Cc1nc(COc2ccccc2F)oc1NCc1ccco1. The lowest BCUT2D eigenvalue weighted by Gasteiger charge is -2.04. The van der Waals surface area contributed by atoms with Crippen molar-refractivity contribution in [3.63, 3.8) is 0 Å². The van der Waals surface area contributed by atoms with Crippen LogP contribution in [-0.2, 0) is 13.2 Å². The summed E-state index contributed by atoms with van der Waals surface area (Å²) in [4.78, 5) is 4.01. The zero-order valence-electron chi connectivity index (χ0n) is 12.0. The molecule has 0 fully saturated rings. The number of ether oxygens (including phenoxy) is 1. The molecule has 2 aromatic heterocycles. The lowest BCUT2D eigenvalue weighted by atomic mass is 10.3. The number of rotatable bonds is 6. The maximum absolute atomic E-state index is 13.5. The maximum Gasteiger partial charge on any atom is 0.236 e. The number of benzene rings is 1. The summed E-state index contributed by atoms with van der Waals surface area (Å²) in [5.41, 5.74) is 0.101. The molecule has 0 aliphatic rings. The van der Waals surface area contributed by atoms with Crippen LogP contribution in [0.4, 0.5) is 10.3 Å². The molecule has 2 heterocycles. The van der Waals surface area contributed by atoms with Gasteiger partial charge in [0.2, 0.25) is 17.5 Å². The van der Waals surface area contributed by atoms with Gasteiger partial charge in [0.1, 0.15) is 11.8 Å². The molecule has 0 bridgehead atoms. The largest absolute Gasteiger partial charge is 0.481 e. The standard InChI is InChI=1S/C16H12FN3O3/c17-12-5-1-2-6-14(12)22-10-15-20-13(8-18)16(23-15)19-9-11-4-3-7-21-11/h1-7,19H,9-10H2. The van der Waals surface area contributed by atoms with Gasteiger partial charge in [-0.1, -0.05) is 12.1 Å². The summed E-state index contributed by atoms with van der Waals surface area (Å²) in [6.07, 6.45) is 1.55. The van der Waals surface area contributed by atoms with Gasteiger partial charge in [0.05, 0.1) is 12.8 Å². The Morgan fingerprint density at radius 1 is 1.26 bits per heavy atom. The molecular weight excluding hydrogens is 301 g/mol. The second-order valence-electron chi connectivity index (χ2n) is 4.55. The molecule has 1 aromatic carbocycles. The Morgan fingerprint density at radius 2 is 2.13 bits per heavy atom. The Kier molecular flexibility index (Phi) is 4.25. The Labute approximate surface area is 131 Å². The average Bonchev–Trinajstić information content (AvgIpc) is 3.21. The number of hydrogen-bond acceptors (Lipinski definition) is 6. The maximum atomic E-state index is 13.5. The molecule has 0 atom stereocenters. The van der Waals surface area contributed by atoms with Crippen LogP contribution in [0.1, 0.15) is 17.3 Å². The molecule has 7 heteroatoms. The molecule has 6 nitrogen and oxygen atoms in total. The van der Waals surface area contributed by atoms with E-state index in [-0.39, 0.29) is 29.8 Å². The van der Waals surface area contributed by atoms with Crippen molar-refractivity contribution in [3.05, 3.63) is 65.8 Å². The van der Waals surface area contributed by atoms with Crippen LogP contribution in [0, 0.1) is 17.1 Å². The molecule has 0 aliphatic carbocycles. The number of hydrogen-bond donors (Lipinski definition) is 1. The second kappa shape index (κ2) is 6.66. The molecule has 0 amide bonds. The lowest BCUT2D eigenvalue weighted by molar-refractivity contribution is 0.253. The summed E-state index contributed by atoms with van der Waals surface area (Å²) in [6.45, 7) is 0.266. The van der Waals surface area contributed by atoms with E-state index < -0.39 is 5.82 Å². The molecule has 0 aliphatic heterocycles. The molecule has 0 saturated heterocycles. The van der Waals surface area contributed by atoms with Crippen molar-refractivity contribution < 1.29 is 18.0 Å². The number of oxazole rings is 1. The first-order valence-electron chi connectivity index (χ1n) is 6.79. The van der Waals surface area contributed by atoms with Crippen molar-refractivity contribution in [1.29, 1.82) is 5.26 Å². The van der Waals surface area contributed by atoms with Gasteiger partial charge in [-0.25, -0.2) is 4.39 Å². The Balaban J connectivity index is 1.66. The van der Waals surface area contributed by atoms with Gasteiger partial charge in [-0.2, -0.15) is 10.2 Å². The minimum absolute atomic E-state index is 0.0853. The third kappa shape index (κ3) is 3.49. The average molecular weight is 313 g/mol. The highest BCUT2D eigenvalue weighted by Gasteiger charge is 2.14. The van der Waals surface area contributed by atoms with Crippen LogP contribution in [0.2, 0.25) is 0 Å². The van der Waals surface area contributed by atoms with Crippen LogP contribution < -0.4 is 10.1 Å². The van der Waals surface area contributed by atoms with Gasteiger partial charge in [0.15, 0.2) is 18.2 Å². The van der Waals surface area contributed by atoms with Crippen molar-refractivity contribution in [3.8, 4) is 11.8 Å². The van der Waals surface area contributed by atoms with Gasteiger partial charge >= 0.3 is 0 Å². The summed E-state index contributed by atoms with van der Waals surface area (Å²) < 4.78 is 29.4. The van der Waals surface area contributed by atoms with Crippen LogP contribution in [-0.4, -0.2) is 4.98 Å². The molecule has 23 heavy (non-hydrogen) atoms. The smallest absolute Gasteiger partial charge is 0.236 e. The third-order valence-electron chi connectivity index (χ3n) is 2.97. The highest BCUT2D eigenvalue weighted by Crippen LogP contribution is 2.21. The summed E-state index contributed by atoms with van der Waals surface area (Å²) in [6, 6.07) is 11.5. The lowest BCUT2D eigenvalue weighted by Crippen LogP contribution is -1.98. The quantitative estimate of drug-likeness (QED) is 0.750. The number of nitrogens with one attached hydrogen (secondary N) is 1. The summed E-state index contributed by atoms with van der Waals surface area (Å²) >= 11 is 0. The van der Waals surface area contributed by atoms with E-state index in [2.05, 4.69) is 10.3 Å². The van der Waals surface area contributed by atoms with E-state index in [1.807, 2.05) is 6.07 Å². The normalized spacial score (nSPS) is 10.3. The number of anilines is 1. The fourth-order valence-electron chi connectivity index (χ4n) is 1.90. The van der Waals surface area contributed by atoms with Crippen LogP contribution in [0.15, 0.2) is 51.5 Å². The summed E-state index contributed by atoms with van der Waals surface area (Å²) in [7, 11) is 0. The topological polar surface area (TPSA) is 84.2 Å². The zero-order chi connectivity index (χ0) is 16.1. The molecule has 116 valence electrons. The third-order valence-corrected chi connectivity index (χ3v) is 2.97. The molecule has 0 unspecified atom stereocenters. The number of aromatic nitrogens is 1. The van der Waals surface area contributed by atoms with E-state index in [1.165, 1.54) is 12.1 Å². The zero-order valence-corrected chi connectivity index (χ0v) is 12.0. The number of halogens is 1. The minimum atomic E-state index is -0.476. The van der Waals surface area contributed by atoms with Gasteiger partial charge in [-0.15, -0.1) is 0 Å². The highest BCUT2D eigenvalue weighted by atomic mass is 19.1. The van der Waals surface area contributed by atoms with Crippen LogP contribution in [0.5, 0.6) is 5.75 Å². The Morgan fingerprint density at radius 3 is 2.87 bits per heavy atom. The molecule has 0 spiro atoms. The van der Waals surface area contributed by atoms with E-state index in [0.29, 0.717) is 12.3 Å². The van der Waals surface area contributed by atoms with Crippen LogP contribution in [0.3, 0.4) is 0 Å². The van der Waals surface area contributed by atoms with Gasteiger partial charge in [-0.05, 0) is 24.3 Å². The van der Waals surface area contributed by atoms with Gasteiger partial charge in [0, 0.05) is 0 Å². The van der Waals surface area contributed by atoms with E-state index in [4.69, 9.17) is 18.8 Å². The van der Waals surface area contributed by atoms with Gasteiger partial charge < -0.3 is 18.9 Å². The predicted molar refractivity (Wildman–Crippen MR) is 78.0 cm³/mol. The molecule has 0 saturated carbocycles. The number of nitriles is 1. The minimum Gasteiger partial charge on any atom is -0.481 e. The number of para-hydroxylation sites is 1. The van der Waals surface area contributed by atoms with E-state index in [0.717, 1.165) is 0 Å².